The normalized spacial score (nSPS) is 12.6. The number of pyridine rings is 1. The lowest BCUT2D eigenvalue weighted by Crippen LogP contribution is -2.28. The highest BCUT2D eigenvalue weighted by Gasteiger charge is 2.01. The molecule has 14 heavy (non-hydrogen) atoms. The molecule has 0 bridgehead atoms. The molecule has 1 heterocycles. The maximum atomic E-state index is 5.79. The molecule has 0 spiro atoms. The second-order valence-electron chi connectivity index (χ2n) is 3.37. The summed E-state index contributed by atoms with van der Waals surface area (Å²) in [6.07, 6.45) is 2.78. The molecule has 0 amide bonds. The zero-order valence-corrected chi connectivity index (χ0v) is 10.1. The van der Waals surface area contributed by atoms with Crippen LogP contribution in [0.25, 0.3) is 0 Å². The molecule has 1 rings (SSSR count). The summed E-state index contributed by atoms with van der Waals surface area (Å²) in [6.45, 7) is 4.88. The summed E-state index contributed by atoms with van der Waals surface area (Å²) >= 11 is 3.41. The van der Waals surface area contributed by atoms with Gasteiger partial charge in [-0.1, -0.05) is 6.92 Å². The lowest BCUT2D eigenvalue weighted by atomic mass is 10.2. The van der Waals surface area contributed by atoms with Gasteiger partial charge in [-0.15, -0.1) is 0 Å². The first-order chi connectivity index (χ1) is 6.63. The van der Waals surface area contributed by atoms with Gasteiger partial charge in [-0.05, 0) is 40.9 Å². The third kappa shape index (κ3) is 3.27. The third-order valence-corrected chi connectivity index (χ3v) is 2.95. The number of hydrogen-bond acceptors (Lipinski definition) is 3. The second kappa shape index (κ2) is 5.32. The van der Waals surface area contributed by atoms with Crippen molar-refractivity contribution in [2.45, 2.75) is 26.3 Å². The van der Waals surface area contributed by atoms with Crippen LogP contribution in [0.5, 0.6) is 0 Å². The van der Waals surface area contributed by atoms with Gasteiger partial charge in [0.2, 0.25) is 0 Å². The Morgan fingerprint density at radius 1 is 1.64 bits per heavy atom. The molecule has 78 valence electrons. The molecule has 0 saturated carbocycles. The summed E-state index contributed by atoms with van der Waals surface area (Å²) in [7, 11) is 0. The predicted octanol–water partition coefficient (Wildman–Crippen LogP) is 2.30. The molecule has 1 atom stereocenters. The molecule has 0 aliphatic rings. The van der Waals surface area contributed by atoms with E-state index in [1.165, 1.54) is 5.56 Å². The lowest BCUT2D eigenvalue weighted by molar-refractivity contribution is 0.678. The highest BCUT2D eigenvalue weighted by atomic mass is 79.9. The van der Waals surface area contributed by atoms with Gasteiger partial charge in [-0.3, -0.25) is 0 Å². The summed E-state index contributed by atoms with van der Waals surface area (Å²) < 4.78 is 1.03. The Morgan fingerprint density at radius 2 is 2.36 bits per heavy atom. The predicted molar refractivity (Wildman–Crippen MR) is 63.4 cm³/mol. The number of rotatable bonds is 4. The van der Waals surface area contributed by atoms with Crippen LogP contribution in [0, 0.1) is 6.92 Å². The molecule has 1 aromatic rings. The molecular formula is C10H16BrN3. The molecular weight excluding hydrogens is 242 g/mol. The SMILES string of the molecule is CCC(N)CNc1cc(C)c(Br)cn1. The zero-order valence-electron chi connectivity index (χ0n) is 8.55. The Kier molecular flexibility index (Phi) is 4.35. The van der Waals surface area contributed by atoms with Gasteiger partial charge >= 0.3 is 0 Å². The van der Waals surface area contributed by atoms with Crippen LogP contribution < -0.4 is 11.1 Å². The van der Waals surface area contributed by atoms with Crippen molar-refractivity contribution in [3.05, 3.63) is 22.3 Å². The van der Waals surface area contributed by atoms with Crippen LogP contribution in [0.4, 0.5) is 5.82 Å². The van der Waals surface area contributed by atoms with E-state index in [1.54, 1.807) is 6.20 Å². The van der Waals surface area contributed by atoms with E-state index in [0.717, 1.165) is 23.3 Å². The molecule has 1 unspecified atom stereocenters. The number of hydrogen-bond donors (Lipinski definition) is 2. The molecule has 0 fully saturated rings. The standard InChI is InChI=1S/C10H16BrN3/c1-3-8(12)5-13-10-4-7(2)9(11)6-14-10/h4,6,8H,3,5,12H2,1-2H3,(H,13,14). The van der Waals surface area contributed by atoms with Crippen LogP contribution in [0.3, 0.4) is 0 Å². The van der Waals surface area contributed by atoms with E-state index in [4.69, 9.17) is 5.73 Å². The summed E-state index contributed by atoms with van der Waals surface area (Å²) in [4.78, 5) is 4.23. The van der Waals surface area contributed by atoms with E-state index >= 15 is 0 Å². The molecule has 4 heteroatoms. The van der Waals surface area contributed by atoms with Crippen molar-refractivity contribution in [2.24, 2.45) is 5.73 Å². The molecule has 0 aliphatic carbocycles. The lowest BCUT2D eigenvalue weighted by Gasteiger charge is -2.11. The van der Waals surface area contributed by atoms with Crippen molar-refractivity contribution in [1.82, 2.24) is 4.98 Å². The highest BCUT2D eigenvalue weighted by Crippen LogP contribution is 2.16. The van der Waals surface area contributed by atoms with Gasteiger partial charge in [0.25, 0.3) is 0 Å². The minimum absolute atomic E-state index is 0.195. The van der Waals surface area contributed by atoms with Gasteiger partial charge in [-0.25, -0.2) is 4.98 Å². The number of halogens is 1. The Bertz CT molecular complexity index is 301. The Labute approximate surface area is 93.2 Å². The summed E-state index contributed by atoms with van der Waals surface area (Å²) in [5.41, 5.74) is 6.96. The minimum Gasteiger partial charge on any atom is -0.369 e. The summed E-state index contributed by atoms with van der Waals surface area (Å²) in [5.74, 6) is 0.884. The number of nitrogens with one attached hydrogen (secondary N) is 1. The average Bonchev–Trinajstić information content (AvgIpc) is 2.19. The third-order valence-electron chi connectivity index (χ3n) is 2.12. The molecule has 3 nitrogen and oxygen atoms in total. The number of nitrogens with zero attached hydrogens (tertiary/aromatic N) is 1. The summed E-state index contributed by atoms with van der Waals surface area (Å²) in [5, 5.41) is 3.21. The molecule has 0 aliphatic heterocycles. The fourth-order valence-corrected chi connectivity index (χ4v) is 1.23. The molecule has 3 N–H and O–H groups in total. The fraction of sp³-hybridized carbons (Fsp3) is 0.500. The van der Waals surface area contributed by atoms with Crippen LogP contribution in [0.1, 0.15) is 18.9 Å². The average molecular weight is 258 g/mol. The maximum Gasteiger partial charge on any atom is 0.126 e. The van der Waals surface area contributed by atoms with Gasteiger partial charge in [0, 0.05) is 23.3 Å². The Balaban J connectivity index is 2.55. The van der Waals surface area contributed by atoms with Crippen molar-refractivity contribution in [3.8, 4) is 0 Å². The molecule has 1 aromatic heterocycles. The maximum absolute atomic E-state index is 5.79. The Hall–Kier alpha value is -0.610. The molecule has 0 radical (unpaired) electrons. The first kappa shape index (κ1) is 11.5. The van der Waals surface area contributed by atoms with Gasteiger partial charge in [-0.2, -0.15) is 0 Å². The second-order valence-corrected chi connectivity index (χ2v) is 4.22. The van der Waals surface area contributed by atoms with Crippen molar-refractivity contribution in [1.29, 1.82) is 0 Å². The molecule has 0 aromatic carbocycles. The van der Waals surface area contributed by atoms with Crippen molar-refractivity contribution >= 4 is 21.7 Å². The van der Waals surface area contributed by atoms with E-state index in [0.29, 0.717) is 0 Å². The minimum atomic E-state index is 0.195. The topological polar surface area (TPSA) is 50.9 Å². The number of aromatic nitrogens is 1. The van der Waals surface area contributed by atoms with Gasteiger partial charge in [0.05, 0.1) is 0 Å². The molecule has 0 saturated heterocycles. The fourth-order valence-electron chi connectivity index (χ4n) is 1.02. The van der Waals surface area contributed by atoms with Crippen molar-refractivity contribution in [3.63, 3.8) is 0 Å². The van der Waals surface area contributed by atoms with E-state index in [2.05, 4.69) is 33.2 Å². The van der Waals surface area contributed by atoms with E-state index < -0.39 is 0 Å². The van der Waals surface area contributed by atoms with E-state index in [1.807, 2.05) is 13.0 Å². The first-order valence-electron chi connectivity index (χ1n) is 4.75. The number of anilines is 1. The van der Waals surface area contributed by atoms with Crippen LogP contribution >= 0.6 is 15.9 Å². The van der Waals surface area contributed by atoms with Gasteiger partial charge in [0.1, 0.15) is 5.82 Å². The number of aryl methyl sites for hydroxylation is 1. The van der Waals surface area contributed by atoms with Crippen LogP contribution in [-0.4, -0.2) is 17.6 Å². The highest BCUT2D eigenvalue weighted by molar-refractivity contribution is 9.10. The zero-order chi connectivity index (χ0) is 10.6. The van der Waals surface area contributed by atoms with Crippen molar-refractivity contribution in [2.75, 3.05) is 11.9 Å². The van der Waals surface area contributed by atoms with Gasteiger partial charge in [0.15, 0.2) is 0 Å². The van der Waals surface area contributed by atoms with Crippen LogP contribution in [-0.2, 0) is 0 Å². The van der Waals surface area contributed by atoms with Crippen molar-refractivity contribution < 1.29 is 0 Å². The van der Waals surface area contributed by atoms with E-state index in [9.17, 15) is 0 Å². The smallest absolute Gasteiger partial charge is 0.126 e. The summed E-state index contributed by atoms with van der Waals surface area (Å²) in [6, 6.07) is 2.20. The van der Waals surface area contributed by atoms with Crippen LogP contribution in [0.2, 0.25) is 0 Å². The van der Waals surface area contributed by atoms with Gasteiger partial charge < -0.3 is 11.1 Å². The van der Waals surface area contributed by atoms with Crippen LogP contribution in [0.15, 0.2) is 16.7 Å². The Morgan fingerprint density at radius 3 is 2.93 bits per heavy atom. The monoisotopic (exact) mass is 257 g/mol. The van der Waals surface area contributed by atoms with E-state index in [-0.39, 0.29) is 6.04 Å². The first-order valence-corrected chi connectivity index (χ1v) is 5.54. The number of nitrogens with two attached hydrogens (primary N) is 1. The largest absolute Gasteiger partial charge is 0.369 e. The quantitative estimate of drug-likeness (QED) is 0.871.